The first-order chi connectivity index (χ1) is 22.7. The van der Waals surface area contributed by atoms with E-state index in [1.54, 1.807) is 23.1 Å². The molecule has 3 unspecified atom stereocenters. The van der Waals surface area contributed by atoms with Crippen molar-refractivity contribution in [2.75, 3.05) is 44.7 Å². The molecule has 0 radical (unpaired) electrons. The second-order valence-corrected chi connectivity index (χ2v) is 13.4. The number of carbonyl (C=O) groups excluding carboxylic acids is 1. The van der Waals surface area contributed by atoms with Gasteiger partial charge in [0, 0.05) is 62.4 Å². The first-order valence-electron chi connectivity index (χ1n) is 16.7. The highest BCUT2D eigenvalue weighted by molar-refractivity contribution is 5.67. The number of nitriles is 1. The van der Waals surface area contributed by atoms with Crippen molar-refractivity contribution >= 4 is 11.8 Å². The number of piperidine rings is 1. The molecule has 1 aliphatic carbocycles. The van der Waals surface area contributed by atoms with Crippen LogP contribution in [0, 0.1) is 46.5 Å². The van der Waals surface area contributed by atoms with Gasteiger partial charge in [0.25, 0.3) is 0 Å². The molecule has 2 aliphatic heterocycles. The molecule has 3 atom stereocenters. The van der Waals surface area contributed by atoms with Gasteiger partial charge in [-0.3, -0.25) is 0 Å². The van der Waals surface area contributed by atoms with Crippen LogP contribution in [0.15, 0.2) is 48.8 Å². The summed E-state index contributed by atoms with van der Waals surface area (Å²) in [4.78, 5) is 21.3. The first-order valence-corrected chi connectivity index (χ1v) is 16.7. The molecule has 250 valence electrons. The number of nitrogens with one attached hydrogen (secondary N) is 1. The number of rotatable bonds is 10. The largest absolute Gasteiger partial charge is 0.453 e. The normalized spacial score (nSPS) is 22.0. The minimum atomic E-state index is -0.703. The van der Waals surface area contributed by atoms with Gasteiger partial charge in [-0.15, -0.1) is 0 Å². The van der Waals surface area contributed by atoms with E-state index in [1.165, 1.54) is 13.2 Å². The molecule has 0 spiro atoms. The first kappa shape index (κ1) is 32.9. The maximum atomic E-state index is 15.0. The van der Waals surface area contributed by atoms with E-state index in [1.807, 2.05) is 12.4 Å². The lowest BCUT2D eigenvalue weighted by Gasteiger charge is -2.51. The average molecular weight is 649 g/mol. The number of aryl methyl sites for hydroxylation is 1. The number of benzene rings is 2. The Hall–Kier alpha value is -4.04. The molecule has 2 saturated heterocycles. The molecule has 3 aromatic rings. The van der Waals surface area contributed by atoms with Crippen molar-refractivity contribution in [3.8, 4) is 6.07 Å². The fourth-order valence-corrected chi connectivity index (χ4v) is 8.70. The number of halogens is 3. The Morgan fingerprint density at radius 3 is 2.51 bits per heavy atom. The van der Waals surface area contributed by atoms with Crippen molar-refractivity contribution in [2.24, 2.45) is 17.8 Å². The van der Waals surface area contributed by atoms with E-state index in [0.29, 0.717) is 19.6 Å². The number of carbonyl (C=O) groups is 1. The standard InChI is InChI=1S/C36H43F3N6O2/c1-3-33-41-12-15-44(33)23-36(27-6-4-7-28(37)18-27,29-8-5-9-32(29)42-35(46)47-2)26-10-13-43(14-11-26)20-25-21-45(22-25)34-30(38)16-24(19-40)17-31(34)39/h4,6-7,12,15-18,25-26,29,32H,3,5,8-11,13-14,20-23H2,1-2H3,(H,42,46). The Balaban J connectivity index is 1.23. The summed E-state index contributed by atoms with van der Waals surface area (Å²) in [5.41, 5.74) is 0.397. The third-order valence-corrected chi connectivity index (χ3v) is 10.8. The van der Waals surface area contributed by atoms with E-state index in [0.717, 1.165) is 81.7 Å². The molecule has 1 aromatic heterocycles. The summed E-state index contributed by atoms with van der Waals surface area (Å²) in [6.07, 6.45) is 8.65. The minimum Gasteiger partial charge on any atom is -0.453 e. The maximum absolute atomic E-state index is 15.0. The summed E-state index contributed by atoms with van der Waals surface area (Å²) in [5, 5.41) is 12.2. The Morgan fingerprint density at radius 2 is 1.85 bits per heavy atom. The molecule has 11 heteroatoms. The van der Waals surface area contributed by atoms with Gasteiger partial charge in [-0.25, -0.2) is 22.9 Å². The highest BCUT2D eigenvalue weighted by atomic mass is 19.1. The summed E-state index contributed by atoms with van der Waals surface area (Å²) in [6.45, 7) is 6.35. The monoisotopic (exact) mass is 648 g/mol. The molecule has 47 heavy (non-hydrogen) atoms. The van der Waals surface area contributed by atoms with Gasteiger partial charge in [-0.1, -0.05) is 25.5 Å². The number of aromatic nitrogens is 2. The number of alkyl carbamates (subject to hydrolysis) is 1. The number of ether oxygens (including phenoxy) is 1. The van der Waals surface area contributed by atoms with Gasteiger partial charge in [0.15, 0.2) is 11.6 Å². The zero-order valence-electron chi connectivity index (χ0n) is 27.1. The second-order valence-electron chi connectivity index (χ2n) is 13.4. The molecular weight excluding hydrogens is 605 g/mol. The van der Waals surface area contributed by atoms with Crippen molar-refractivity contribution < 1.29 is 22.7 Å². The number of anilines is 1. The summed E-state index contributed by atoms with van der Waals surface area (Å²) in [6, 6.07) is 10.9. The summed E-state index contributed by atoms with van der Waals surface area (Å²) in [7, 11) is 1.38. The predicted octanol–water partition coefficient (Wildman–Crippen LogP) is 6.05. The van der Waals surface area contributed by atoms with Gasteiger partial charge < -0.3 is 24.4 Å². The van der Waals surface area contributed by atoms with Gasteiger partial charge in [0.1, 0.15) is 17.3 Å². The van der Waals surface area contributed by atoms with E-state index in [4.69, 9.17) is 10.00 Å². The van der Waals surface area contributed by atoms with E-state index in [-0.39, 0.29) is 40.9 Å². The molecule has 0 bridgehead atoms. The van der Waals surface area contributed by atoms with Crippen LogP contribution in [0.5, 0.6) is 0 Å². The number of amides is 1. The Kier molecular flexibility index (Phi) is 9.78. The van der Waals surface area contributed by atoms with Crippen molar-refractivity contribution in [1.29, 1.82) is 5.26 Å². The van der Waals surface area contributed by atoms with E-state index in [2.05, 4.69) is 32.8 Å². The summed E-state index contributed by atoms with van der Waals surface area (Å²) < 4.78 is 51.5. The molecule has 8 nitrogen and oxygen atoms in total. The number of nitrogens with zero attached hydrogens (tertiary/aromatic N) is 5. The number of likely N-dealkylation sites (tertiary alicyclic amines) is 1. The fraction of sp³-hybridized carbons (Fsp3) is 0.528. The third kappa shape index (κ3) is 6.57. The second kappa shape index (κ2) is 14.0. The van der Waals surface area contributed by atoms with E-state index < -0.39 is 23.1 Å². The topological polar surface area (TPSA) is 86.4 Å². The molecule has 2 aromatic carbocycles. The molecule has 3 fully saturated rings. The third-order valence-electron chi connectivity index (χ3n) is 10.8. The Labute approximate surface area is 274 Å². The van der Waals surface area contributed by atoms with Crippen LogP contribution in [0.4, 0.5) is 23.7 Å². The van der Waals surface area contributed by atoms with Gasteiger partial charge in [0.05, 0.1) is 18.7 Å². The van der Waals surface area contributed by atoms with Crippen LogP contribution < -0.4 is 10.2 Å². The maximum Gasteiger partial charge on any atom is 0.407 e. The molecule has 1 amide bonds. The van der Waals surface area contributed by atoms with Crippen LogP contribution in [0.1, 0.15) is 56.0 Å². The zero-order chi connectivity index (χ0) is 33.1. The minimum absolute atomic E-state index is 0.0260. The quantitative estimate of drug-likeness (QED) is 0.288. The number of hydrogen-bond donors (Lipinski definition) is 1. The Morgan fingerprint density at radius 1 is 1.11 bits per heavy atom. The predicted molar refractivity (Wildman–Crippen MR) is 172 cm³/mol. The van der Waals surface area contributed by atoms with Crippen LogP contribution in [0.2, 0.25) is 0 Å². The Bertz CT molecular complexity index is 1590. The average Bonchev–Trinajstić information content (AvgIpc) is 3.71. The smallest absolute Gasteiger partial charge is 0.407 e. The molecular formula is C36H43F3N6O2. The van der Waals surface area contributed by atoms with Crippen molar-refractivity contribution in [2.45, 2.75) is 63.5 Å². The lowest BCUT2D eigenvalue weighted by Crippen LogP contribution is -2.56. The van der Waals surface area contributed by atoms with Crippen LogP contribution in [-0.4, -0.2) is 66.4 Å². The van der Waals surface area contributed by atoms with Gasteiger partial charge >= 0.3 is 6.09 Å². The van der Waals surface area contributed by atoms with Crippen LogP contribution in [0.25, 0.3) is 0 Å². The van der Waals surface area contributed by atoms with Crippen LogP contribution in [-0.2, 0) is 23.1 Å². The molecule has 6 rings (SSSR count). The molecule has 3 aliphatic rings. The highest BCUT2D eigenvalue weighted by Crippen LogP contribution is 2.52. The van der Waals surface area contributed by atoms with Crippen LogP contribution in [0.3, 0.4) is 0 Å². The van der Waals surface area contributed by atoms with Crippen LogP contribution >= 0.6 is 0 Å². The summed E-state index contributed by atoms with van der Waals surface area (Å²) >= 11 is 0. The van der Waals surface area contributed by atoms with E-state index >= 15 is 4.39 Å². The SMILES string of the molecule is CCc1nccn1CC(c1cccc(F)c1)(C1CCN(CC2CN(c3c(F)cc(C#N)cc3F)C2)CC1)C1CCCC1NC(=O)OC. The van der Waals surface area contributed by atoms with Crippen molar-refractivity contribution in [3.05, 3.63) is 83.2 Å². The molecule has 1 N–H and O–H groups in total. The fourth-order valence-electron chi connectivity index (χ4n) is 8.70. The lowest BCUT2D eigenvalue weighted by atomic mass is 9.58. The van der Waals surface area contributed by atoms with Crippen molar-refractivity contribution in [1.82, 2.24) is 19.8 Å². The number of methoxy groups -OCH3 is 1. The zero-order valence-corrected chi connectivity index (χ0v) is 27.1. The van der Waals surface area contributed by atoms with Gasteiger partial charge in [-0.05, 0) is 80.4 Å². The number of imidazole rings is 1. The van der Waals surface area contributed by atoms with Gasteiger partial charge in [-0.2, -0.15) is 5.26 Å². The summed E-state index contributed by atoms with van der Waals surface area (Å²) in [5.74, 6) is -0.164. The molecule has 1 saturated carbocycles. The van der Waals surface area contributed by atoms with Crippen molar-refractivity contribution in [3.63, 3.8) is 0 Å². The van der Waals surface area contributed by atoms with E-state index in [9.17, 15) is 13.6 Å². The number of hydrogen-bond acceptors (Lipinski definition) is 6. The van der Waals surface area contributed by atoms with Gasteiger partial charge in [0.2, 0.25) is 0 Å². The highest BCUT2D eigenvalue weighted by Gasteiger charge is 2.52. The molecule has 3 heterocycles. The lowest BCUT2D eigenvalue weighted by molar-refractivity contribution is 0.0541.